The van der Waals surface area contributed by atoms with Crippen molar-refractivity contribution in [1.29, 1.82) is 0 Å². The molecule has 6 rings (SSSR count). The summed E-state index contributed by atoms with van der Waals surface area (Å²) in [5.41, 5.74) is 12.4. The number of aromatic nitrogens is 2. The van der Waals surface area contributed by atoms with E-state index in [2.05, 4.69) is 47.2 Å². The van der Waals surface area contributed by atoms with Gasteiger partial charge in [0.05, 0.1) is 43.1 Å². The molecule has 1 saturated heterocycles. The molecule has 3 heterocycles. The van der Waals surface area contributed by atoms with Gasteiger partial charge in [0.15, 0.2) is 0 Å². The maximum Gasteiger partial charge on any atom is 0.315 e. The Morgan fingerprint density at radius 2 is 2.00 bits per heavy atom. The number of hydrogen-bond acceptors (Lipinski definition) is 6. The Hall–Kier alpha value is -3.62. The Balaban J connectivity index is 1.15. The molecule has 4 N–H and O–H groups in total. The summed E-state index contributed by atoms with van der Waals surface area (Å²) in [5, 5.41) is 20.9. The highest BCUT2D eigenvalue weighted by molar-refractivity contribution is 6.31. The van der Waals surface area contributed by atoms with Crippen molar-refractivity contribution in [3.63, 3.8) is 0 Å². The van der Waals surface area contributed by atoms with Crippen LogP contribution in [0.5, 0.6) is 0 Å². The van der Waals surface area contributed by atoms with Gasteiger partial charge in [-0.1, -0.05) is 71.5 Å². The third-order valence-corrected chi connectivity index (χ3v) is 9.74. The number of nitrogens with one attached hydrogen (secondary N) is 1. The normalized spacial score (nSPS) is 20.1. The Labute approximate surface area is 292 Å². The van der Waals surface area contributed by atoms with Crippen molar-refractivity contribution in [3.8, 4) is 23.1 Å². The molecule has 1 unspecified atom stereocenters. The smallest absolute Gasteiger partial charge is 0.315 e. The average Bonchev–Trinajstić information content (AvgIpc) is 3.44. The van der Waals surface area contributed by atoms with Gasteiger partial charge in [-0.2, -0.15) is 5.10 Å². The molecule has 1 aromatic heterocycles. The van der Waals surface area contributed by atoms with Crippen LogP contribution in [0.15, 0.2) is 66.3 Å². The average molecular weight is 690 g/mol. The number of nitrogens with zero attached hydrogens (tertiary/aromatic N) is 4. The molecule has 0 saturated carbocycles. The molecular formula is C37H42Cl2N6O3. The first-order valence-corrected chi connectivity index (χ1v) is 17.3. The highest BCUT2D eigenvalue weighted by Crippen LogP contribution is 2.32. The minimum atomic E-state index is -0.611. The number of carbonyl (C=O) groups is 1. The topological polar surface area (TPSA) is 109 Å². The number of benzene rings is 2. The first kappa shape index (κ1) is 34.3. The molecule has 9 nitrogen and oxygen atoms in total. The zero-order chi connectivity index (χ0) is 33.6. The third-order valence-electron chi connectivity index (χ3n) is 9.16. The monoisotopic (exact) mass is 688 g/mol. The fourth-order valence-corrected chi connectivity index (χ4v) is 6.71. The van der Waals surface area contributed by atoms with Gasteiger partial charge >= 0.3 is 6.03 Å². The van der Waals surface area contributed by atoms with Gasteiger partial charge in [0, 0.05) is 78.5 Å². The van der Waals surface area contributed by atoms with Crippen LogP contribution in [0.2, 0.25) is 10.0 Å². The number of aliphatic hydroxyl groups is 1. The third kappa shape index (κ3) is 8.50. The number of primary amides is 1. The Morgan fingerprint density at radius 3 is 2.75 bits per heavy atom. The van der Waals surface area contributed by atoms with E-state index in [0.717, 1.165) is 53.6 Å². The summed E-state index contributed by atoms with van der Waals surface area (Å²) in [6, 6.07) is 13.4. The number of hydrogen-bond donors (Lipinski definition) is 3. The van der Waals surface area contributed by atoms with Gasteiger partial charge in [-0.25, -0.2) is 4.79 Å². The van der Waals surface area contributed by atoms with Crippen LogP contribution >= 0.6 is 23.2 Å². The lowest BCUT2D eigenvalue weighted by Crippen LogP contribution is -2.47. The van der Waals surface area contributed by atoms with Crippen molar-refractivity contribution in [2.45, 2.75) is 51.5 Å². The molecule has 3 aromatic rings. The molecule has 2 aromatic carbocycles. The van der Waals surface area contributed by atoms with Crippen molar-refractivity contribution in [3.05, 3.63) is 98.7 Å². The van der Waals surface area contributed by atoms with Gasteiger partial charge in [0.2, 0.25) is 0 Å². The van der Waals surface area contributed by atoms with E-state index in [1.54, 1.807) is 4.90 Å². The number of carbonyl (C=O) groups excluding carboxylic acids is 1. The van der Waals surface area contributed by atoms with E-state index in [9.17, 15) is 9.90 Å². The van der Waals surface area contributed by atoms with E-state index in [0.29, 0.717) is 56.4 Å². The molecule has 252 valence electrons. The standard InChI is InChI=1S/C37H42Cl2N6O3/c1-25-24-48-17-16-43(25)21-32(46)22-45-35-14-15-44(37(40)47)23-33(35)36(42-45)30-10-13-34(39)29(18-30)9-6-26-2-4-27(5-3-26)19-41-20-28-7-11-31(38)12-8-28/h2,4-5,7-8,10-13,18,25-26,32,41,46H,3,14-17,19-24H2,1H3,(H2,40,47)/t25-,26?,32+/m0/s1. The molecule has 3 atom stereocenters. The van der Waals surface area contributed by atoms with E-state index in [-0.39, 0.29) is 12.0 Å². The fraction of sp³-hybridized carbons (Fsp3) is 0.405. The van der Waals surface area contributed by atoms with Gasteiger partial charge in [-0.05, 0) is 48.7 Å². The van der Waals surface area contributed by atoms with Crippen LogP contribution < -0.4 is 11.1 Å². The van der Waals surface area contributed by atoms with Crippen LogP contribution in [0.1, 0.15) is 35.7 Å². The second-order valence-corrected chi connectivity index (χ2v) is 13.6. The number of allylic oxidation sites excluding steroid dienone is 2. The van der Waals surface area contributed by atoms with Gasteiger partial charge in [-0.15, -0.1) is 0 Å². The van der Waals surface area contributed by atoms with Crippen molar-refractivity contribution < 1.29 is 14.6 Å². The van der Waals surface area contributed by atoms with Crippen molar-refractivity contribution in [1.82, 2.24) is 24.9 Å². The van der Waals surface area contributed by atoms with Crippen LogP contribution in [-0.2, 0) is 30.8 Å². The van der Waals surface area contributed by atoms with E-state index in [4.69, 9.17) is 38.8 Å². The number of rotatable bonds is 9. The van der Waals surface area contributed by atoms with Crippen LogP contribution in [-0.4, -0.2) is 82.3 Å². The Morgan fingerprint density at radius 1 is 1.17 bits per heavy atom. The highest BCUT2D eigenvalue weighted by Gasteiger charge is 2.29. The fourth-order valence-electron chi connectivity index (χ4n) is 6.42. The summed E-state index contributed by atoms with van der Waals surface area (Å²) in [6.07, 6.45) is 7.32. The molecule has 0 spiro atoms. The van der Waals surface area contributed by atoms with Crippen molar-refractivity contribution >= 4 is 29.2 Å². The number of aliphatic hydroxyl groups excluding tert-OH is 1. The van der Waals surface area contributed by atoms with Crippen LogP contribution in [0.25, 0.3) is 11.3 Å². The molecular weight excluding hydrogens is 647 g/mol. The number of fused-ring (bicyclic) bond motifs is 1. The predicted molar refractivity (Wildman–Crippen MR) is 190 cm³/mol. The minimum Gasteiger partial charge on any atom is -0.390 e. The van der Waals surface area contributed by atoms with Crippen LogP contribution in [0, 0.1) is 17.8 Å². The molecule has 0 bridgehead atoms. The highest BCUT2D eigenvalue weighted by atomic mass is 35.5. The Kier molecular flexibility index (Phi) is 11.2. The number of halogens is 2. The van der Waals surface area contributed by atoms with Gasteiger partial charge < -0.3 is 25.8 Å². The number of amides is 2. The SMILES string of the molecule is C[C@H]1COCCN1C[C@@H](O)Cn1nc(-c2ccc(Cl)c(C#CC3C=CC(CNCc4ccc(Cl)cc4)=CC3)c2)c2c1CCN(C(N)=O)C2. The number of β-amino-alcohol motifs (C(OH)–C–C–N with tert-alkyl or cyclic N) is 1. The number of nitrogens with two attached hydrogens (primary N) is 1. The summed E-state index contributed by atoms with van der Waals surface area (Å²) in [6.45, 7) is 7.54. The quantitative estimate of drug-likeness (QED) is 0.273. The van der Waals surface area contributed by atoms with Gasteiger partial charge in [-0.3, -0.25) is 9.58 Å². The molecule has 2 amide bonds. The maximum absolute atomic E-state index is 12.1. The molecule has 3 aliphatic rings. The lowest BCUT2D eigenvalue weighted by molar-refractivity contribution is -0.0227. The predicted octanol–water partition coefficient (Wildman–Crippen LogP) is 5.02. The molecule has 11 heteroatoms. The lowest BCUT2D eigenvalue weighted by Gasteiger charge is -2.34. The first-order valence-electron chi connectivity index (χ1n) is 16.5. The van der Waals surface area contributed by atoms with E-state index in [1.165, 1.54) is 11.1 Å². The summed E-state index contributed by atoms with van der Waals surface area (Å²) in [4.78, 5) is 16.0. The van der Waals surface area contributed by atoms with Crippen molar-refractivity contribution in [2.24, 2.45) is 11.7 Å². The zero-order valence-corrected chi connectivity index (χ0v) is 28.7. The summed E-state index contributed by atoms with van der Waals surface area (Å²) < 4.78 is 7.46. The van der Waals surface area contributed by atoms with Crippen molar-refractivity contribution in [2.75, 3.05) is 39.4 Å². The first-order chi connectivity index (χ1) is 23.2. The molecule has 0 radical (unpaired) electrons. The molecule has 1 fully saturated rings. The van der Waals surface area contributed by atoms with E-state index in [1.807, 2.05) is 47.1 Å². The maximum atomic E-state index is 12.1. The minimum absolute atomic E-state index is 0.0801. The largest absolute Gasteiger partial charge is 0.390 e. The molecule has 1 aliphatic carbocycles. The Bertz CT molecular complexity index is 1740. The van der Waals surface area contributed by atoms with Gasteiger partial charge in [0.25, 0.3) is 0 Å². The van der Waals surface area contributed by atoms with E-state index >= 15 is 0 Å². The summed E-state index contributed by atoms with van der Waals surface area (Å²) in [7, 11) is 0. The number of ether oxygens (including phenoxy) is 1. The summed E-state index contributed by atoms with van der Waals surface area (Å²) >= 11 is 12.6. The second kappa shape index (κ2) is 15.7. The lowest BCUT2D eigenvalue weighted by atomic mass is 9.96. The summed E-state index contributed by atoms with van der Waals surface area (Å²) in [5.74, 6) is 6.77. The zero-order valence-electron chi connectivity index (χ0n) is 27.2. The number of urea groups is 1. The molecule has 2 aliphatic heterocycles. The van der Waals surface area contributed by atoms with Crippen LogP contribution in [0.4, 0.5) is 4.79 Å². The van der Waals surface area contributed by atoms with Gasteiger partial charge in [0.1, 0.15) is 0 Å². The second-order valence-electron chi connectivity index (χ2n) is 12.7. The van der Waals surface area contributed by atoms with E-state index < -0.39 is 12.1 Å². The number of morpholine rings is 1. The van der Waals surface area contributed by atoms with Crippen LogP contribution in [0.3, 0.4) is 0 Å². The molecule has 48 heavy (non-hydrogen) atoms.